The van der Waals surface area contributed by atoms with Crippen molar-refractivity contribution < 1.29 is 9.90 Å². The maximum atomic E-state index is 12.3. The minimum Gasteiger partial charge on any atom is -0.384 e. The van der Waals surface area contributed by atoms with E-state index < -0.39 is 5.60 Å². The van der Waals surface area contributed by atoms with Crippen LogP contribution in [0.4, 0.5) is 10.5 Å². The molecule has 0 saturated heterocycles. The molecule has 0 aliphatic heterocycles. The van der Waals surface area contributed by atoms with Gasteiger partial charge in [0, 0.05) is 5.69 Å². The summed E-state index contributed by atoms with van der Waals surface area (Å²) in [5, 5.41) is 16.4. The molecular formula is C26H30N2O2. The topological polar surface area (TPSA) is 61.4 Å². The normalized spacial score (nSPS) is 13.4. The van der Waals surface area contributed by atoms with E-state index in [1.165, 1.54) is 5.56 Å². The number of rotatable bonds is 5. The molecule has 0 heterocycles. The largest absolute Gasteiger partial charge is 0.384 e. The summed E-state index contributed by atoms with van der Waals surface area (Å²) >= 11 is 0. The first kappa shape index (κ1) is 21.6. The first-order valence-corrected chi connectivity index (χ1v) is 10.2. The number of carbonyl (C=O) groups is 1. The van der Waals surface area contributed by atoms with Crippen molar-refractivity contribution in [2.45, 2.75) is 38.7 Å². The van der Waals surface area contributed by atoms with Gasteiger partial charge in [0.05, 0.1) is 6.54 Å². The molecule has 0 fully saturated rings. The standard InChI is InChI=1S/C26H30N2O2/c1-25(2,3)21-14-16-23(17-15-21)28-24(29)27-18-26(4,30)22-12-10-20(11-13-22)19-8-6-5-7-9-19/h5-17,30H,18H2,1-4H3,(H2,27,28,29). The number of hydrogen-bond donors (Lipinski definition) is 3. The lowest BCUT2D eigenvalue weighted by Crippen LogP contribution is -2.40. The Kier molecular flexibility index (Phi) is 6.28. The van der Waals surface area contributed by atoms with Crippen molar-refractivity contribution in [1.29, 1.82) is 0 Å². The van der Waals surface area contributed by atoms with Gasteiger partial charge in [0.2, 0.25) is 0 Å². The van der Waals surface area contributed by atoms with Gasteiger partial charge >= 0.3 is 6.03 Å². The Morgan fingerprint density at radius 3 is 1.87 bits per heavy atom. The summed E-state index contributed by atoms with van der Waals surface area (Å²) in [5.74, 6) is 0. The molecule has 4 nitrogen and oxygen atoms in total. The minimum atomic E-state index is -1.18. The predicted molar refractivity (Wildman–Crippen MR) is 124 cm³/mol. The van der Waals surface area contributed by atoms with Crippen LogP contribution in [-0.4, -0.2) is 17.7 Å². The Morgan fingerprint density at radius 1 is 0.767 bits per heavy atom. The molecule has 0 aliphatic carbocycles. The van der Waals surface area contributed by atoms with Crippen LogP contribution in [0, 0.1) is 0 Å². The number of anilines is 1. The fourth-order valence-electron chi connectivity index (χ4n) is 3.24. The third-order valence-corrected chi connectivity index (χ3v) is 5.22. The van der Waals surface area contributed by atoms with Gasteiger partial charge in [0.1, 0.15) is 5.60 Å². The van der Waals surface area contributed by atoms with Crippen LogP contribution >= 0.6 is 0 Å². The van der Waals surface area contributed by atoms with Gasteiger partial charge in [-0.1, -0.05) is 87.5 Å². The Morgan fingerprint density at radius 2 is 1.30 bits per heavy atom. The fraction of sp³-hybridized carbons (Fsp3) is 0.269. The monoisotopic (exact) mass is 402 g/mol. The smallest absolute Gasteiger partial charge is 0.319 e. The zero-order valence-corrected chi connectivity index (χ0v) is 18.1. The van der Waals surface area contributed by atoms with Gasteiger partial charge < -0.3 is 15.7 Å². The molecule has 0 saturated carbocycles. The zero-order chi connectivity index (χ0) is 21.8. The maximum absolute atomic E-state index is 12.3. The molecular weight excluding hydrogens is 372 g/mol. The molecule has 4 heteroatoms. The van der Waals surface area contributed by atoms with Gasteiger partial charge in [0.15, 0.2) is 0 Å². The lowest BCUT2D eigenvalue weighted by atomic mass is 9.87. The predicted octanol–water partition coefficient (Wildman–Crippen LogP) is 5.68. The van der Waals surface area contributed by atoms with Crippen LogP contribution < -0.4 is 10.6 Å². The van der Waals surface area contributed by atoms with Crippen molar-refractivity contribution in [3.8, 4) is 11.1 Å². The number of benzene rings is 3. The number of carbonyl (C=O) groups excluding carboxylic acids is 1. The second-order valence-electron chi connectivity index (χ2n) is 8.85. The zero-order valence-electron chi connectivity index (χ0n) is 18.1. The van der Waals surface area contributed by atoms with Gasteiger partial charge in [-0.2, -0.15) is 0 Å². The van der Waals surface area contributed by atoms with Crippen molar-refractivity contribution in [1.82, 2.24) is 5.32 Å². The third-order valence-electron chi connectivity index (χ3n) is 5.22. The molecule has 2 amide bonds. The number of amides is 2. The van der Waals surface area contributed by atoms with Crippen molar-refractivity contribution in [2.75, 3.05) is 11.9 Å². The third kappa shape index (κ3) is 5.49. The average Bonchev–Trinajstić information content (AvgIpc) is 2.73. The number of hydrogen-bond acceptors (Lipinski definition) is 2. The van der Waals surface area contributed by atoms with E-state index in [1.807, 2.05) is 78.9 Å². The average molecular weight is 403 g/mol. The molecule has 156 valence electrons. The molecule has 3 rings (SSSR count). The second kappa shape index (κ2) is 8.72. The molecule has 1 unspecified atom stereocenters. The van der Waals surface area contributed by atoms with E-state index in [2.05, 4.69) is 31.4 Å². The summed E-state index contributed by atoms with van der Waals surface area (Å²) in [6.45, 7) is 8.25. The lowest BCUT2D eigenvalue weighted by Gasteiger charge is -2.25. The molecule has 0 bridgehead atoms. The molecule has 0 aromatic heterocycles. The summed E-state index contributed by atoms with van der Waals surface area (Å²) < 4.78 is 0. The highest BCUT2D eigenvalue weighted by Gasteiger charge is 2.24. The first-order valence-electron chi connectivity index (χ1n) is 10.2. The summed E-state index contributed by atoms with van der Waals surface area (Å²) in [7, 11) is 0. The van der Waals surface area contributed by atoms with Crippen LogP contribution in [-0.2, 0) is 11.0 Å². The summed E-state index contributed by atoms with van der Waals surface area (Å²) in [6.07, 6.45) is 0. The van der Waals surface area contributed by atoms with Gasteiger partial charge in [-0.15, -0.1) is 0 Å². The van der Waals surface area contributed by atoms with Crippen LogP contribution in [0.25, 0.3) is 11.1 Å². The van der Waals surface area contributed by atoms with E-state index in [0.29, 0.717) is 5.69 Å². The van der Waals surface area contributed by atoms with E-state index in [1.54, 1.807) is 6.92 Å². The van der Waals surface area contributed by atoms with Gasteiger partial charge in [0.25, 0.3) is 0 Å². The van der Waals surface area contributed by atoms with Crippen molar-refractivity contribution >= 4 is 11.7 Å². The first-order chi connectivity index (χ1) is 14.1. The van der Waals surface area contributed by atoms with Gasteiger partial charge in [-0.05, 0) is 46.7 Å². The molecule has 0 aliphatic rings. The highest BCUT2D eigenvalue weighted by atomic mass is 16.3. The fourth-order valence-corrected chi connectivity index (χ4v) is 3.24. The highest BCUT2D eigenvalue weighted by Crippen LogP contribution is 2.25. The van der Waals surface area contributed by atoms with Gasteiger partial charge in [-0.25, -0.2) is 4.79 Å². The van der Waals surface area contributed by atoms with Gasteiger partial charge in [-0.3, -0.25) is 0 Å². The van der Waals surface area contributed by atoms with Crippen LogP contribution in [0.5, 0.6) is 0 Å². The number of urea groups is 1. The minimum absolute atomic E-state index is 0.0650. The van der Waals surface area contributed by atoms with E-state index in [9.17, 15) is 9.90 Å². The molecule has 3 aromatic carbocycles. The SMILES string of the molecule is CC(C)(C)c1ccc(NC(=O)NCC(C)(O)c2ccc(-c3ccccc3)cc2)cc1. The lowest BCUT2D eigenvalue weighted by molar-refractivity contribution is 0.0600. The van der Waals surface area contributed by atoms with E-state index in [0.717, 1.165) is 16.7 Å². The number of nitrogens with one attached hydrogen (secondary N) is 2. The summed E-state index contributed by atoms with van der Waals surface area (Å²) in [5.41, 5.74) is 3.76. The summed E-state index contributed by atoms with van der Waals surface area (Å²) in [6, 6.07) is 25.3. The molecule has 3 aromatic rings. The highest BCUT2D eigenvalue weighted by molar-refractivity contribution is 5.89. The van der Waals surface area contributed by atoms with Crippen LogP contribution in [0.3, 0.4) is 0 Å². The van der Waals surface area contributed by atoms with E-state index >= 15 is 0 Å². The molecule has 30 heavy (non-hydrogen) atoms. The Labute approximate surface area is 179 Å². The van der Waals surface area contributed by atoms with Crippen molar-refractivity contribution in [3.63, 3.8) is 0 Å². The maximum Gasteiger partial charge on any atom is 0.319 e. The molecule has 3 N–H and O–H groups in total. The second-order valence-corrected chi connectivity index (χ2v) is 8.85. The Hall–Kier alpha value is -3.11. The molecule has 0 radical (unpaired) electrons. The van der Waals surface area contributed by atoms with Crippen molar-refractivity contribution in [2.24, 2.45) is 0 Å². The Balaban J connectivity index is 1.58. The number of aliphatic hydroxyl groups is 1. The van der Waals surface area contributed by atoms with Crippen LogP contribution in [0.2, 0.25) is 0 Å². The van der Waals surface area contributed by atoms with E-state index in [-0.39, 0.29) is 18.0 Å². The Bertz CT molecular complexity index is 970. The van der Waals surface area contributed by atoms with Crippen LogP contribution in [0.15, 0.2) is 78.9 Å². The molecule has 0 spiro atoms. The summed E-state index contributed by atoms with van der Waals surface area (Å²) in [4.78, 5) is 12.3. The quantitative estimate of drug-likeness (QED) is 0.514. The van der Waals surface area contributed by atoms with Crippen molar-refractivity contribution in [3.05, 3.63) is 90.0 Å². The van der Waals surface area contributed by atoms with E-state index in [4.69, 9.17) is 0 Å². The molecule has 1 atom stereocenters. The van der Waals surface area contributed by atoms with Crippen LogP contribution in [0.1, 0.15) is 38.8 Å².